The van der Waals surface area contributed by atoms with Crippen molar-refractivity contribution in [1.29, 1.82) is 0 Å². The van der Waals surface area contributed by atoms with Crippen LogP contribution in [0, 0.1) is 0 Å². The van der Waals surface area contributed by atoms with Crippen molar-refractivity contribution in [1.82, 2.24) is 25.2 Å². The molecule has 2 N–H and O–H groups in total. The van der Waals surface area contributed by atoms with E-state index in [-0.39, 0.29) is 18.6 Å². The van der Waals surface area contributed by atoms with E-state index >= 15 is 0 Å². The highest BCUT2D eigenvalue weighted by Crippen LogP contribution is 2.02. The first kappa shape index (κ1) is 15.9. The summed E-state index contributed by atoms with van der Waals surface area (Å²) in [7, 11) is 0. The highest BCUT2D eigenvalue weighted by atomic mass is 16.5. The highest BCUT2D eigenvalue weighted by molar-refractivity contribution is 5.81. The van der Waals surface area contributed by atoms with Crippen LogP contribution < -0.4 is 5.32 Å². The lowest BCUT2D eigenvalue weighted by Crippen LogP contribution is -2.49. The van der Waals surface area contributed by atoms with Gasteiger partial charge in [-0.3, -0.25) is 9.48 Å². The van der Waals surface area contributed by atoms with E-state index in [9.17, 15) is 4.79 Å². The van der Waals surface area contributed by atoms with E-state index in [0.29, 0.717) is 45.8 Å². The maximum atomic E-state index is 12.2. The lowest BCUT2D eigenvalue weighted by Gasteiger charge is -2.29. The molecule has 1 aromatic heterocycles. The topological polar surface area (TPSA) is 92.5 Å². The fourth-order valence-corrected chi connectivity index (χ4v) is 2.16. The zero-order valence-corrected chi connectivity index (χ0v) is 12.4. The van der Waals surface area contributed by atoms with Crippen LogP contribution in [0.3, 0.4) is 0 Å². The van der Waals surface area contributed by atoms with Crippen LogP contribution in [-0.4, -0.2) is 69.9 Å². The van der Waals surface area contributed by atoms with Crippen LogP contribution in [0.5, 0.6) is 0 Å². The number of amides is 1. The first-order valence-corrected chi connectivity index (χ1v) is 7.30. The van der Waals surface area contributed by atoms with Crippen LogP contribution in [0.25, 0.3) is 0 Å². The van der Waals surface area contributed by atoms with Crippen molar-refractivity contribution in [3.63, 3.8) is 0 Å². The monoisotopic (exact) mass is 297 g/mol. The molecule has 0 bridgehead atoms. The average Bonchev–Trinajstić information content (AvgIpc) is 2.98. The molecular weight excluding hydrogens is 274 g/mol. The van der Waals surface area contributed by atoms with Gasteiger partial charge < -0.3 is 20.1 Å². The first-order valence-electron chi connectivity index (χ1n) is 7.30. The molecule has 8 nitrogen and oxygen atoms in total. The quantitative estimate of drug-likeness (QED) is 0.670. The number of aryl methyl sites for hydroxylation is 1. The van der Waals surface area contributed by atoms with E-state index in [1.165, 1.54) is 0 Å². The molecule has 1 saturated heterocycles. The van der Waals surface area contributed by atoms with Gasteiger partial charge in [-0.05, 0) is 13.3 Å². The molecule has 1 aliphatic heterocycles. The predicted octanol–water partition coefficient (Wildman–Crippen LogP) is -1.00. The maximum Gasteiger partial charge on any atom is 0.239 e. The summed E-state index contributed by atoms with van der Waals surface area (Å²) in [6, 6.07) is -0.259. The third kappa shape index (κ3) is 4.76. The Hall–Kier alpha value is -1.51. The third-order valence-corrected chi connectivity index (χ3v) is 3.41. The van der Waals surface area contributed by atoms with Crippen molar-refractivity contribution in [3.05, 3.63) is 11.9 Å². The molecule has 0 radical (unpaired) electrons. The number of hydrogen-bond acceptors (Lipinski definition) is 6. The van der Waals surface area contributed by atoms with Gasteiger partial charge in [0.05, 0.1) is 24.9 Å². The van der Waals surface area contributed by atoms with E-state index in [1.54, 1.807) is 4.68 Å². The lowest BCUT2D eigenvalue weighted by molar-refractivity contribution is -0.137. The summed E-state index contributed by atoms with van der Waals surface area (Å²) < 4.78 is 6.94. The Morgan fingerprint density at radius 2 is 2.29 bits per heavy atom. The van der Waals surface area contributed by atoms with Crippen molar-refractivity contribution in [2.75, 3.05) is 32.9 Å². The second-order valence-corrected chi connectivity index (χ2v) is 5.09. The molecule has 21 heavy (non-hydrogen) atoms. The van der Waals surface area contributed by atoms with Crippen LogP contribution >= 0.6 is 0 Å². The summed E-state index contributed by atoms with van der Waals surface area (Å²) in [6.07, 6.45) is 2.48. The molecule has 2 rings (SSSR count). The van der Waals surface area contributed by atoms with Crippen LogP contribution in [-0.2, 0) is 22.6 Å². The van der Waals surface area contributed by atoms with E-state index in [1.807, 2.05) is 18.0 Å². The van der Waals surface area contributed by atoms with Gasteiger partial charge in [-0.1, -0.05) is 5.21 Å². The number of aromatic nitrogens is 3. The van der Waals surface area contributed by atoms with E-state index in [4.69, 9.17) is 9.84 Å². The van der Waals surface area contributed by atoms with Crippen LogP contribution in [0.15, 0.2) is 6.20 Å². The number of aliphatic hydroxyl groups is 1. The van der Waals surface area contributed by atoms with Crippen molar-refractivity contribution in [3.8, 4) is 0 Å². The van der Waals surface area contributed by atoms with Crippen LogP contribution in [0.4, 0.5) is 0 Å². The summed E-state index contributed by atoms with van der Waals surface area (Å²) in [6.45, 7) is 5.66. The molecule has 1 unspecified atom stereocenters. The molecule has 1 atom stereocenters. The smallest absolute Gasteiger partial charge is 0.239 e. The van der Waals surface area contributed by atoms with Gasteiger partial charge in [0, 0.05) is 39.0 Å². The van der Waals surface area contributed by atoms with Gasteiger partial charge in [-0.15, -0.1) is 5.10 Å². The number of nitrogens with zero attached hydrogens (tertiary/aromatic N) is 4. The molecule has 1 aliphatic rings. The summed E-state index contributed by atoms with van der Waals surface area (Å²) in [5, 5.41) is 19.9. The van der Waals surface area contributed by atoms with Gasteiger partial charge in [-0.25, -0.2) is 0 Å². The Bertz CT molecular complexity index is 445. The summed E-state index contributed by atoms with van der Waals surface area (Å²) >= 11 is 0. The van der Waals surface area contributed by atoms with Gasteiger partial charge >= 0.3 is 0 Å². The summed E-state index contributed by atoms with van der Waals surface area (Å²) in [5.41, 5.74) is 0.787. The predicted molar refractivity (Wildman–Crippen MR) is 75.4 cm³/mol. The number of aliphatic hydroxyl groups excluding tert-OH is 1. The Balaban J connectivity index is 1.76. The largest absolute Gasteiger partial charge is 0.396 e. The second kappa shape index (κ2) is 8.06. The molecule has 1 fully saturated rings. The molecule has 1 aromatic rings. The number of hydrogen-bond donors (Lipinski definition) is 2. The van der Waals surface area contributed by atoms with Crippen molar-refractivity contribution < 1.29 is 14.6 Å². The molecule has 2 heterocycles. The SMILES string of the molecule is CC(NCc1cn(CCCO)nn1)C(=O)N1CCOCC1. The van der Waals surface area contributed by atoms with Gasteiger partial charge in [0.25, 0.3) is 0 Å². The van der Waals surface area contributed by atoms with Gasteiger partial charge in [-0.2, -0.15) is 0 Å². The van der Waals surface area contributed by atoms with E-state index in [2.05, 4.69) is 15.6 Å². The average molecular weight is 297 g/mol. The number of morpholine rings is 1. The van der Waals surface area contributed by atoms with Crippen LogP contribution in [0.1, 0.15) is 19.0 Å². The molecule has 1 amide bonds. The Kier molecular flexibility index (Phi) is 6.09. The van der Waals surface area contributed by atoms with Crippen molar-refractivity contribution >= 4 is 5.91 Å². The lowest BCUT2D eigenvalue weighted by atomic mass is 10.2. The number of ether oxygens (including phenoxy) is 1. The standard InChI is InChI=1S/C13H23N5O3/c1-11(13(20)17-4-7-21-8-5-17)14-9-12-10-18(16-15-12)3-2-6-19/h10-11,14,19H,2-9H2,1H3. The summed E-state index contributed by atoms with van der Waals surface area (Å²) in [5.74, 6) is 0.0889. The molecular formula is C13H23N5O3. The van der Waals surface area contributed by atoms with E-state index in [0.717, 1.165) is 5.69 Å². The minimum absolute atomic E-state index is 0.0889. The fraction of sp³-hybridized carbons (Fsp3) is 0.769. The number of nitrogens with one attached hydrogen (secondary N) is 1. The molecule has 0 spiro atoms. The van der Waals surface area contributed by atoms with E-state index < -0.39 is 0 Å². The van der Waals surface area contributed by atoms with Crippen molar-refractivity contribution in [2.24, 2.45) is 0 Å². The Morgan fingerprint density at radius 3 is 3.00 bits per heavy atom. The molecule has 118 valence electrons. The zero-order valence-electron chi connectivity index (χ0n) is 12.4. The Labute approximate surface area is 124 Å². The number of carbonyl (C=O) groups is 1. The molecule has 8 heteroatoms. The minimum Gasteiger partial charge on any atom is -0.396 e. The molecule has 0 aliphatic carbocycles. The van der Waals surface area contributed by atoms with Crippen LogP contribution in [0.2, 0.25) is 0 Å². The second-order valence-electron chi connectivity index (χ2n) is 5.09. The summed E-state index contributed by atoms with van der Waals surface area (Å²) in [4.78, 5) is 14.0. The van der Waals surface area contributed by atoms with Gasteiger partial charge in [0.2, 0.25) is 5.91 Å². The normalized spacial score (nSPS) is 17.0. The van der Waals surface area contributed by atoms with Crippen molar-refractivity contribution in [2.45, 2.75) is 32.5 Å². The fourth-order valence-electron chi connectivity index (χ4n) is 2.16. The first-order chi connectivity index (χ1) is 10.2. The minimum atomic E-state index is -0.259. The number of carbonyl (C=O) groups excluding carboxylic acids is 1. The van der Waals surface area contributed by atoms with Gasteiger partial charge in [0.15, 0.2) is 0 Å². The van der Waals surface area contributed by atoms with Gasteiger partial charge in [0.1, 0.15) is 0 Å². The number of rotatable bonds is 7. The third-order valence-electron chi connectivity index (χ3n) is 3.41. The zero-order chi connectivity index (χ0) is 15.1. The Morgan fingerprint density at radius 1 is 1.52 bits per heavy atom. The molecule has 0 aromatic carbocycles. The maximum absolute atomic E-state index is 12.2. The highest BCUT2D eigenvalue weighted by Gasteiger charge is 2.22. The molecule has 0 saturated carbocycles.